The second-order valence-electron chi connectivity index (χ2n) is 8.44. The molecule has 10 nitrogen and oxygen atoms in total. The summed E-state index contributed by atoms with van der Waals surface area (Å²) in [5, 5.41) is 11.5. The van der Waals surface area contributed by atoms with Crippen molar-refractivity contribution in [3.05, 3.63) is 69.7 Å². The summed E-state index contributed by atoms with van der Waals surface area (Å²) in [4.78, 5) is 44.9. The lowest BCUT2D eigenvalue weighted by atomic mass is 9.95. The van der Waals surface area contributed by atoms with Crippen LogP contribution in [0, 0.1) is 6.92 Å². The fourth-order valence-electron chi connectivity index (χ4n) is 4.40. The van der Waals surface area contributed by atoms with Gasteiger partial charge in [0.15, 0.2) is 16.6 Å². The van der Waals surface area contributed by atoms with Crippen molar-refractivity contribution in [3.8, 4) is 17.2 Å². The van der Waals surface area contributed by atoms with Crippen LogP contribution in [0.1, 0.15) is 39.5 Å². The first kappa shape index (κ1) is 25.3. The molecule has 1 saturated heterocycles. The molecule has 0 saturated carbocycles. The summed E-state index contributed by atoms with van der Waals surface area (Å²) in [5.41, 5.74) is 1.02. The van der Waals surface area contributed by atoms with Gasteiger partial charge < -0.3 is 24.1 Å². The van der Waals surface area contributed by atoms with Crippen LogP contribution in [0.25, 0.3) is 5.76 Å². The summed E-state index contributed by atoms with van der Waals surface area (Å²) in [6, 6.07) is 10.7. The lowest BCUT2D eigenvalue weighted by molar-refractivity contribution is -0.132. The number of methoxy groups -OCH3 is 1. The molecule has 0 bridgehead atoms. The van der Waals surface area contributed by atoms with Crippen LogP contribution in [0.15, 0.2) is 48.0 Å². The molecule has 0 spiro atoms. The summed E-state index contributed by atoms with van der Waals surface area (Å²) in [7, 11) is 1.25. The van der Waals surface area contributed by atoms with E-state index in [1.807, 2.05) is 6.92 Å². The van der Waals surface area contributed by atoms with Crippen molar-refractivity contribution in [3.63, 3.8) is 0 Å². The molecule has 38 heavy (non-hydrogen) atoms. The highest BCUT2D eigenvalue weighted by Gasteiger charge is 2.48. The van der Waals surface area contributed by atoms with Gasteiger partial charge in [0.05, 0.1) is 31.0 Å². The van der Waals surface area contributed by atoms with Gasteiger partial charge in [0.1, 0.15) is 29.6 Å². The van der Waals surface area contributed by atoms with Crippen molar-refractivity contribution in [1.29, 1.82) is 0 Å². The van der Waals surface area contributed by atoms with Gasteiger partial charge >= 0.3 is 11.9 Å². The largest absolute Gasteiger partial charge is 0.507 e. The number of Topliss-reactive ketones (excluding diaryl/α,β-unsaturated/α-hetero) is 1. The summed E-state index contributed by atoms with van der Waals surface area (Å²) >= 11 is 0.931. The first-order valence-corrected chi connectivity index (χ1v) is 12.6. The minimum absolute atomic E-state index is 0.123. The number of anilines is 1. The molecule has 2 aromatic carbocycles. The number of esters is 1. The maximum atomic E-state index is 13.5. The maximum absolute atomic E-state index is 13.5. The Morgan fingerprint density at radius 3 is 2.66 bits per heavy atom. The number of amides is 1. The van der Waals surface area contributed by atoms with Crippen molar-refractivity contribution in [1.82, 2.24) is 4.98 Å². The van der Waals surface area contributed by atoms with E-state index in [0.29, 0.717) is 48.3 Å². The zero-order chi connectivity index (χ0) is 27.0. The van der Waals surface area contributed by atoms with Crippen LogP contribution in [0.3, 0.4) is 0 Å². The maximum Gasteiger partial charge on any atom is 0.350 e. The third-order valence-corrected chi connectivity index (χ3v) is 7.24. The molecular formula is C27H24N2O8S. The number of carbonyl (C=O) groups excluding carboxylic acids is 3. The van der Waals surface area contributed by atoms with E-state index in [9.17, 15) is 19.5 Å². The van der Waals surface area contributed by atoms with Crippen LogP contribution < -0.4 is 19.1 Å². The van der Waals surface area contributed by atoms with Crippen molar-refractivity contribution in [2.75, 3.05) is 31.8 Å². The molecule has 196 valence electrons. The van der Waals surface area contributed by atoms with E-state index in [0.717, 1.165) is 11.3 Å². The minimum Gasteiger partial charge on any atom is -0.507 e. The number of fused-ring (bicyclic) bond motifs is 1. The molecule has 1 fully saturated rings. The zero-order valence-corrected chi connectivity index (χ0v) is 21.7. The SMILES string of the molecule is CCOc1cccc([C@@H]2C(=C(O)c3ccc4c(c3)OCCO4)C(=O)C(=O)N2c2nc(C)c(C(=O)OC)s2)c1. The number of ketones is 1. The predicted molar refractivity (Wildman–Crippen MR) is 138 cm³/mol. The van der Waals surface area contributed by atoms with E-state index >= 15 is 0 Å². The molecule has 0 unspecified atom stereocenters. The fraction of sp³-hybridized carbons (Fsp3) is 0.259. The second kappa shape index (κ2) is 10.2. The molecule has 1 aromatic heterocycles. The summed E-state index contributed by atoms with van der Waals surface area (Å²) in [5.74, 6) is -1.30. The number of carbonyl (C=O) groups is 3. The molecule has 2 aliphatic heterocycles. The first-order chi connectivity index (χ1) is 18.3. The number of hydrogen-bond acceptors (Lipinski definition) is 10. The Kier molecular flexibility index (Phi) is 6.77. The monoisotopic (exact) mass is 536 g/mol. The van der Waals surface area contributed by atoms with Gasteiger partial charge in [-0.2, -0.15) is 0 Å². The summed E-state index contributed by atoms with van der Waals surface area (Å²) < 4.78 is 21.7. The average molecular weight is 537 g/mol. The van der Waals surface area contributed by atoms with Crippen LogP contribution in [0.5, 0.6) is 17.2 Å². The van der Waals surface area contributed by atoms with Crippen molar-refractivity contribution in [2.24, 2.45) is 0 Å². The van der Waals surface area contributed by atoms with Gasteiger partial charge in [0.2, 0.25) is 0 Å². The van der Waals surface area contributed by atoms with Crippen molar-refractivity contribution >= 4 is 39.9 Å². The van der Waals surface area contributed by atoms with E-state index in [1.54, 1.807) is 49.4 Å². The van der Waals surface area contributed by atoms with Crippen LogP contribution in [0.2, 0.25) is 0 Å². The van der Waals surface area contributed by atoms with E-state index in [1.165, 1.54) is 12.0 Å². The van der Waals surface area contributed by atoms with E-state index in [-0.39, 0.29) is 26.9 Å². The number of benzene rings is 2. The van der Waals surface area contributed by atoms with Crippen LogP contribution in [0.4, 0.5) is 5.13 Å². The number of thiazole rings is 1. The Labute approximate surface area is 222 Å². The Hall–Kier alpha value is -4.38. The van der Waals surface area contributed by atoms with Gasteiger partial charge in [-0.3, -0.25) is 14.5 Å². The molecular weight excluding hydrogens is 512 g/mol. The van der Waals surface area contributed by atoms with E-state index in [2.05, 4.69) is 4.98 Å². The molecule has 5 rings (SSSR count). The molecule has 0 radical (unpaired) electrons. The van der Waals surface area contributed by atoms with E-state index in [4.69, 9.17) is 18.9 Å². The number of hydrogen-bond donors (Lipinski definition) is 1. The minimum atomic E-state index is -1.04. The predicted octanol–water partition coefficient (Wildman–Crippen LogP) is 4.03. The highest BCUT2D eigenvalue weighted by Crippen LogP contribution is 2.45. The van der Waals surface area contributed by atoms with Crippen molar-refractivity contribution in [2.45, 2.75) is 19.9 Å². The molecule has 3 aromatic rings. The van der Waals surface area contributed by atoms with Gasteiger partial charge in [-0.15, -0.1) is 0 Å². The number of aryl methyl sites for hydroxylation is 1. The second-order valence-corrected chi connectivity index (χ2v) is 9.41. The third-order valence-electron chi connectivity index (χ3n) is 6.11. The van der Waals surface area contributed by atoms with Gasteiger partial charge in [0, 0.05) is 5.56 Å². The number of aliphatic hydroxyl groups excluding tert-OH is 1. The average Bonchev–Trinajstić information content (AvgIpc) is 3.44. The number of nitrogens with zero attached hydrogens (tertiary/aromatic N) is 2. The molecule has 0 aliphatic carbocycles. The van der Waals surface area contributed by atoms with Gasteiger partial charge in [-0.1, -0.05) is 23.5 Å². The Bertz CT molecular complexity index is 1480. The van der Waals surface area contributed by atoms with Crippen LogP contribution in [-0.4, -0.2) is 54.7 Å². The Morgan fingerprint density at radius 1 is 1.16 bits per heavy atom. The Morgan fingerprint density at radius 2 is 1.92 bits per heavy atom. The molecule has 1 amide bonds. The summed E-state index contributed by atoms with van der Waals surface area (Å²) in [6.07, 6.45) is 0. The van der Waals surface area contributed by atoms with Crippen molar-refractivity contribution < 1.29 is 38.4 Å². The fourth-order valence-corrected chi connectivity index (χ4v) is 5.41. The number of aliphatic hydroxyl groups is 1. The highest BCUT2D eigenvalue weighted by molar-refractivity contribution is 7.17. The standard InChI is InChI=1S/C27H24N2O8S/c1-4-35-17-7-5-6-15(12-17)21-20(22(30)16-8-9-18-19(13-16)37-11-10-36-18)23(31)25(32)29(21)27-28-14(2)24(38-27)26(33)34-3/h5-9,12-13,21,30H,4,10-11H2,1-3H3/t21-/m1/s1. The normalized spacial score (nSPS) is 18.0. The van der Waals surface area contributed by atoms with Crippen LogP contribution in [-0.2, 0) is 14.3 Å². The zero-order valence-electron chi connectivity index (χ0n) is 20.8. The van der Waals surface area contributed by atoms with Gasteiger partial charge in [0.25, 0.3) is 5.78 Å². The molecule has 3 heterocycles. The topological polar surface area (TPSA) is 124 Å². The van der Waals surface area contributed by atoms with Gasteiger partial charge in [-0.05, 0) is 49.7 Å². The molecule has 2 aliphatic rings. The number of aromatic nitrogens is 1. The Balaban J connectivity index is 1.69. The van der Waals surface area contributed by atoms with Gasteiger partial charge in [-0.25, -0.2) is 9.78 Å². The summed E-state index contributed by atoms with van der Waals surface area (Å²) in [6.45, 7) is 4.61. The molecule has 1 N–H and O–H groups in total. The molecule has 11 heteroatoms. The lowest BCUT2D eigenvalue weighted by Crippen LogP contribution is -2.29. The number of ether oxygens (including phenoxy) is 4. The van der Waals surface area contributed by atoms with E-state index < -0.39 is 23.7 Å². The van der Waals surface area contributed by atoms with Crippen LogP contribution >= 0.6 is 11.3 Å². The first-order valence-electron chi connectivity index (χ1n) is 11.8. The smallest absolute Gasteiger partial charge is 0.350 e. The third kappa shape index (κ3) is 4.34. The molecule has 1 atom stereocenters. The quantitative estimate of drug-likeness (QED) is 0.215. The number of rotatable bonds is 6. The lowest BCUT2D eigenvalue weighted by Gasteiger charge is -2.23. The highest BCUT2D eigenvalue weighted by atomic mass is 32.1.